The molecule has 0 aromatic heterocycles. The first-order valence-corrected chi connectivity index (χ1v) is 10.9. The van der Waals surface area contributed by atoms with Gasteiger partial charge in [0.25, 0.3) is 0 Å². The Hall–Kier alpha value is -1.18. The Labute approximate surface area is 159 Å². The van der Waals surface area contributed by atoms with Crippen molar-refractivity contribution in [3.8, 4) is 0 Å². The Morgan fingerprint density at radius 1 is 1.31 bits per heavy atom. The van der Waals surface area contributed by atoms with E-state index in [1.807, 2.05) is 4.90 Å². The second-order valence-electron chi connectivity index (χ2n) is 7.33. The normalized spacial score (nSPS) is 21.9. The molecule has 26 heavy (non-hydrogen) atoms. The number of benzene rings is 1. The zero-order valence-electron chi connectivity index (χ0n) is 14.8. The number of hydrogen-bond donors (Lipinski definition) is 0. The lowest BCUT2D eigenvalue weighted by molar-refractivity contribution is -0.129. The summed E-state index contributed by atoms with van der Waals surface area (Å²) in [5, 5.41) is 0.230. The third kappa shape index (κ3) is 4.38. The highest BCUT2D eigenvalue weighted by molar-refractivity contribution is 7.88. The largest absolute Gasteiger partial charge is 0.339 e. The molecule has 2 fully saturated rings. The highest BCUT2D eigenvalue weighted by Gasteiger charge is 2.37. The van der Waals surface area contributed by atoms with Crippen molar-refractivity contribution < 1.29 is 17.6 Å². The molecule has 1 aromatic carbocycles. The van der Waals surface area contributed by atoms with E-state index in [1.165, 1.54) is 23.5 Å². The van der Waals surface area contributed by atoms with Gasteiger partial charge in [-0.1, -0.05) is 30.5 Å². The summed E-state index contributed by atoms with van der Waals surface area (Å²) in [5.41, 5.74) is 0.0938. The minimum Gasteiger partial charge on any atom is -0.339 e. The van der Waals surface area contributed by atoms with Crippen molar-refractivity contribution in [2.24, 2.45) is 5.92 Å². The second kappa shape index (κ2) is 7.82. The first-order chi connectivity index (χ1) is 12.3. The fourth-order valence-corrected chi connectivity index (χ4v) is 5.37. The summed E-state index contributed by atoms with van der Waals surface area (Å²) in [4.78, 5) is 14.2. The predicted octanol–water partition coefficient (Wildman–Crippen LogP) is 3.03. The molecule has 8 heteroatoms. The molecule has 1 saturated heterocycles. The van der Waals surface area contributed by atoms with Gasteiger partial charge in [-0.05, 0) is 30.9 Å². The standard InChI is InChI=1S/C18H24ClFN2O3S/c1-21(26(24,25)12-14-6-7-15(19)9-17(14)20)10-13-8-18(23)22(11-13)16-4-2-3-5-16/h6-7,9,13,16H,2-5,8,10-12H2,1H3. The molecule has 2 aliphatic rings. The van der Waals surface area contributed by atoms with Crippen molar-refractivity contribution in [1.29, 1.82) is 0 Å². The average molecular weight is 403 g/mol. The lowest BCUT2D eigenvalue weighted by Gasteiger charge is -2.25. The molecule has 5 nitrogen and oxygen atoms in total. The van der Waals surface area contributed by atoms with Gasteiger partial charge >= 0.3 is 0 Å². The van der Waals surface area contributed by atoms with Crippen molar-refractivity contribution in [3.63, 3.8) is 0 Å². The average Bonchev–Trinajstić information content (AvgIpc) is 3.19. The van der Waals surface area contributed by atoms with Crippen LogP contribution in [0, 0.1) is 11.7 Å². The van der Waals surface area contributed by atoms with Crippen LogP contribution in [0.25, 0.3) is 0 Å². The first kappa shape index (κ1) is 19.6. The Morgan fingerprint density at radius 2 is 2.00 bits per heavy atom. The number of amides is 1. The second-order valence-corrected chi connectivity index (χ2v) is 9.84. The Morgan fingerprint density at radius 3 is 2.65 bits per heavy atom. The molecular formula is C18H24ClFN2O3S. The zero-order chi connectivity index (χ0) is 18.9. The molecule has 0 bridgehead atoms. The van der Waals surface area contributed by atoms with E-state index in [1.54, 1.807) is 0 Å². The van der Waals surface area contributed by atoms with E-state index in [0.717, 1.165) is 31.7 Å². The number of halogens is 2. The van der Waals surface area contributed by atoms with Crippen LogP contribution in [0.15, 0.2) is 18.2 Å². The zero-order valence-corrected chi connectivity index (χ0v) is 16.4. The van der Waals surface area contributed by atoms with Gasteiger partial charge in [0.2, 0.25) is 15.9 Å². The summed E-state index contributed by atoms with van der Waals surface area (Å²) < 4.78 is 40.3. The molecule has 0 radical (unpaired) electrons. The third-order valence-electron chi connectivity index (χ3n) is 5.35. The molecule has 1 saturated carbocycles. The van der Waals surface area contributed by atoms with E-state index >= 15 is 0 Å². The van der Waals surface area contributed by atoms with Crippen molar-refractivity contribution in [2.45, 2.75) is 43.9 Å². The Bertz CT molecular complexity index is 781. The SMILES string of the molecule is CN(CC1CC(=O)N(C2CCCC2)C1)S(=O)(=O)Cc1ccc(Cl)cc1F. The van der Waals surface area contributed by atoms with E-state index in [2.05, 4.69) is 0 Å². The fraction of sp³-hybridized carbons (Fsp3) is 0.611. The van der Waals surface area contributed by atoms with Gasteiger partial charge in [0.05, 0.1) is 5.75 Å². The molecule has 0 N–H and O–H groups in total. The summed E-state index contributed by atoms with van der Waals surface area (Å²) in [6.45, 7) is 0.880. The summed E-state index contributed by atoms with van der Waals surface area (Å²) in [6, 6.07) is 4.30. The van der Waals surface area contributed by atoms with Crippen LogP contribution >= 0.6 is 11.6 Å². The molecule has 1 aromatic rings. The third-order valence-corrected chi connectivity index (χ3v) is 7.36. The number of sulfonamides is 1. The summed E-state index contributed by atoms with van der Waals surface area (Å²) >= 11 is 5.71. The summed E-state index contributed by atoms with van der Waals surface area (Å²) in [6.07, 6.45) is 4.77. The van der Waals surface area contributed by atoms with Crippen molar-refractivity contribution in [1.82, 2.24) is 9.21 Å². The molecule has 1 atom stereocenters. The first-order valence-electron chi connectivity index (χ1n) is 8.93. The van der Waals surface area contributed by atoms with Crippen LogP contribution in [-0.2, 0) is 20.6 Å². The Balaban J connectivity index is 1.61. The van der Waals surface area contributed by atoms with Crippen LogP contribution in [0.4, 0.5) is 4.39 Å². The van der Waals surface area contributed by atoms with Crippen LogP contribution in [0.3, 0.4) is 0 Å². The maximum absolute atomic E-state index is 13.9. The Kier molecular flexibility index (Phi) is 5.89. The molecule has 144 valence electrons. The van der Waals surface area contributed by atoms with E-state index in [9.17, 15) is 17.6 Å². The lowest BCUT2D eigenvalue weighted by atomic mass is 10.1. The smallest absolute Gasteiger partial charge is 0.223 e. The minimum atomic E-state index is -3.67. The summed E-state index contributed by atoms with van der Waals surface area (Å²) in [5.74, 6) is -0.938. The number of carbonyl (C=O) groups is 1. The van der Waals surface area contributed by atoms with Crippen LogP contribution in [-0.4, -0.2) is 49.7 Å². The predicted molar refractivity (Wildman–Crippen MR) is 98.7 cm³/mol. The van der Waals surface area contributed by atoms with Crippen LogP contribution in [0.1, 0.15) is 37.7 Å². The maximum Gasteiger partial charge on any atom is 0.223 e. The lowest BCUT2D eigenvalue weighted by Crippen LogP contribution is -2.36. The highest BCUT2D eigenvalue weighted by Crippen LogP contribution is 2.30. The van der Waals surface area contributed by atoms with Gasteiger partial charge in [-0.25, -0.2) is 17.1 Å². The topological polar surface area (TPSA) is 57.7 Å². The molecular weight excluding hydrogens is 379 g/mol. The van der Waals surface area contributed by atoms with Crippen LogP contribution < -0.4 is 0 Å². The molecule has 1 aliphatic heterocycles. The molecule has 1 aliphatic carbocycles. The molecule has 1 heterocycles. The number of rotatable bonds is 6. The van der Waals surface area contributed by atoms with Gasteiger partial charge in [0.15, 0.2) is 0 Å². The minimum absolute atomic E-state index is 0.0158. The molecule has 0 spiro atoms. The van der Waals surface area contributed by atoms with Gasteiger partial charge < -0.3 is 4.90 Å². The van der Waals surface area contributed by atoms with Crippen molar-refractivity contribution >= 4 is 27.5 Å². The molecule has 1 unspecified atom stereocenters. The highest BCUT2D eigenvalue weighted by atomic mass is 35.5. The summed E-state index contributed by atoms with van der Waals surface area (Å²) in [7, 11) is -2.18. The van der Waals surface area contributed by atoms with Gasteiger partial charge in [0, 0.05) is 43.2 Å². The maximum atomic E-state index is 13.9. The number of carbonyl (C=O) groups excluding carboxylic acids is 1. The number of hydrogen-bond acceptors (Lipinski definition) is 3. The molecule has 1 amide bonds. The van der Waals surface area contributed by atoms with E-state index in [4.69, 9.17) is 11.6 Å². The van der Waals surface area contributed by atoms with Crippen molar-refractivity contribution in [3.05, 3.63) is 34.6 Å². The van der Waals surface area contributed by atoms with E-state index in [0.29, 0.717) is 19.0 Å². The van der Waals surface area contributed by atoms with E-state index < -0.39 is 21.6 Å². The van der Waals surface area contributed by atoms with Crippen LogP contribution in [0.2, 0.25) is 5.02 Å². The number of likely N-dealkylation sites (tertiary alicyclic amines) is 1. The monoisotopic (exact) mass is 402 g/mol. The van der Waals surface area contributed by atoms with Crippen molar-refractivity contribution in [2.75, 3.05) is 20.1 Å². The fourth-order valence-electron chi connectivity index (χ4n) is 3.92. The quantitative estimate of drug-likeness (QED) is 0.734. The van der Waals surface area contributed by atoms with Gasteiger partial charge in [-0.3, -0.25) is 4.79 Å². The number of nitrogens with zero attached hydrogens (tertiary/aromatic N) is 2. The van der Waals surface area contributed by atoms with Gasteiger partial charge in [0.1, 0.15) is 5.82 Å². The van der Waals surface area contributed by atoms with E-state index in [-0.39, 0.29) is 29.0 Å². The van der Waals surface area contributed by atoms with Gasteiger partial charge in [-0.15, -0.1) is 0 Å². The van der Waals surface area contributed by atoms with Gasteiger partial charge in [-0.2, -0.15) is 0 Å². The van der Waals surface area contributed by atoms with Crippen LogP contribution in [0.5, 0.6) is 0 Å². The molecule has 3 rings (SSSR count).